The highest BCUT2D eigenvalue weighted by Crippen LogP contribution is 2.24. The Balaban J connectivity index is 2.01. The second kappa shape index (κ2) is 6.49. The number of aromatic nitrogens is 1. The van der Waals surface area contributed by atoms with Gasteiger partial charge in [0.2, 0.25) is 0 Å². The van der Waals surface area contributed by atoms with E-state index in [1.807, 2.05) is 0 Å². The number of benzene rings is 1. The van der Waals surface area contributed by atoms with E-state index in [0.29, 0.717) is 9.60 Å². The molecule has 0 aliphatic carbocycles. The first kappa shape index (κ1) is 14.5. The van der Waals surface area contributed by atoms with E-state index in [1.165, 1.54) is 23.5 Å². The highest BCUT2D eigenvalue weighted by molar-refractivity contribution is 9.10. The zero-order chi connectivity index (χ0) is 14.5. The maximum atomic E-state index is 11.6. The largest absolute Gasteiger partial charge is 0.483 e. The van der Waals surface area contributed by atoms with Crippen LogP contribution in [0.3, 0.4) is 0 Å². The van der Waals surface area contributed by atoms with Crippen molar-refractivity contribution in [3.63, 3.8) is 0 Å². The maximum Gasteiger partial charge on any atom is 0.339 e. The Bertz CT molecular complexity index is 630. The van der Waals surface area contributed by atoms with Crippen LogP contribution < -0.4 is 10.1 Å². The van der Waals surface area contributed by atoms with Crippen molar-refractivity contribution < 1.29 is 19.4 Å². The third-order valence-corrected chi connectivity index (χ3v) is 3.39. The van der Waals surface area contributed by atoms with Crippen LogP contribution in [0.15, 0.2) is 34.2 Å². The molecule has 1 aromatic heterocycles. The monoisotopic (exact) mass is 356 g/mol. The van der Waals surface area contributed by atoms with Crippen LogP contribution in [0.25, 0.3) is 0 Å². The topological polar surface area (TPSA) is 88.5 Å². The highest BCUT2D eigenvalue weighted by atomic mass is 79.9. The Morgan fingerprint density at radius 3 is 2.90 bits per heavy atom. The fourth-order valence-electron chi connectivity index (χ4n) is 1.38. The van der Waals surface area contributed by atoms with Gasteiger partial charge in [0.25, 0.3) is 5.91 Å². The van der Waals surface area contributed by atoms with Gasteiger partial charge in [0.1, 0.15) is 11.3 Å². The quantitative estimate of drug-likeness (QED) is 0.859. The Morgan fingerprint density at radius 2 is 2.25 bits per heavy atom. The number of anilines is 1. The Morgan fingerprint density at radius 1 is 1.45 bits per heavy atom. The molecule has 0 saturated carbocycles. The van der Waals surface area contributed by atoms with Crippen molar-refractivity contribution in [2.45, 2.75) is 0 Å². The molecule has 20 heavy (non-hydrogen) atoms. The number of hydrogen-bond acceptors (Lipinski definition) is 5. The van der Waals surface area contributed by atoms with Crippen molar-refractivity contribution in [3.05, 3.63) is 39.8 Å². The number of aromatic carboxylic acids is 1. The van der Waals surface area contributed by atoms with Crippen LogP contribution in [0.2, 0.25) is 0 Å². The first-order chi connectivity index (χ1) is 9.56. The first-order valence-electron chi connectivity index (χ1n) is 5.41. The number of ether oxygens (including phenoxy) is 1. The number of amides is 1. The molecule has 2 aromatic rings. The molecule has 2 N–H and O–H groups in total. The molecular weight excluding hydrogens is 348 g/mol. The summed E-state index contributed by atoms with van der Waals surface area (Å²) in [5.41, 5.74) is -0.00440. The summed E-state index contributed by atoms with van der Waals surface area (Å²) in [5.74, 6) is -1.40. The van der Waals surface area contributed by atoms with E-state index in [2.05, 4.69) is 26.2 Å². The predicted molar refractivity (Wildman–Crippen MR) is 77.3 cm³/mol. The van der Waals surface area contributed by atoms with Gasteiger partial charge in [-0.05, 0) is 18.2 Å². The van der Waals surface area contributed by atoms with Crippen molar-refractivity contribution in [1.82, 2.24) is 4.98 Å². The lowest BCUT2D eigenvalue weighted by Crippen LogP contribution is -2.20. The van der Waals surface area contributed by atoms with Gasteiger partial charge in [0.05, 0.1) is 0 Å². The summed E-state index contributed by atoms with van der Waals surface area (Å²) < 4.78 is 5.91. The number of halogens is 1. The molecule has 0 saturated heterocycles. The summed E-state index contributed by atoms with van der Waals surface area (Å²) in [6, 6.07) is 4.49. The predicted octanol–water partition coefficient (Wildman–Crippen LogP) is 2.62. The molecule has 104 valence electrons. The Labute approximate surface area is 126 Å². The van der Waals surface area contributed by atoms with E-state index >= 15 is 0 Å². The van der Waals surface area contributed by atoms with Gasteiger partial charge >= 0.3 is 5.97 Å². The van der Waals surface area contributed by atoms with E-state index in [4.69, 9.17) is 9.84 Å². The first-order valence-corrected chi connectivity index (χ1v) is 7.08. The Kier molecular flexibility index (Phi) is 4.70. The minimum absolute atomic E-state index is 0.00440. The number of carbonyl (C=O) groups is 2. The summed E-state index contributed by atoms with van der Waals surface area (Å²) >= 11 is 4.50. The normalized spacial score (nSPS) is 10.1. The van der Waals surface area contributed by atoms with Gasteiger partial charge in [0.15, 0.2) is 11.7 Å². The Hall–Kier alpha value is -1.93. The van der Waals surface area contributed by atoms with Crippen LogP contribution in [0.1, 0.15) is 10.4 Å². The summed E-state index contributed by atoms with van der Waals surface area (Å²) in [5, 5.41) is 13.8. The van der Waals surface area contributed by atoms with Gasteiger partial charge in [0, 0.05) is 16.0 Å². The fourth-order valence-corrected chi connectivity index (χ4v) is 2.26. The van der Waals surface area contributed by atoms with E-state index in [-0.39, 0.29) is 17.9 Å². The third-order valence-electron chi connectivity index (χ3n) is 2.21. The van der Waals surface area contributed by atoms with Crippen molar-refractivity contribution in [2.75, 3.05) is 11.9 Å². The van der Waals surface area contributed by atoms with Crippen molar-refractivity contribution >= 4 is 44.3 Å². The number of carboxylic acids is 1. The minimum Gasteiger partial charge on any atom is -0.483 e. The number of thiazole rings is 1. The van der Waals surface area contributed by atoms with Gasteiger partial charge in [-0.2, -0.15) is 0 Å². The number of carboxylic acid groups (broad SMARTS) is 1. The van der Waals surface area contributed by atoms with Gasteiger partial charge in [-0.1, -0.05) is 15.9 Å². The number of carbonyl (C=O) groups excluding carboxylic acids is 1. The molecule has 0 bridgehead atoms. The second-order valence-electron chi connectivity index (χ2n) is 3.62. The second-order valence-corrected chi connectivity index (χ2v) is 5.43. The molecular formula is C12H9BrN2O4S. The van der Waals surface area contributed by atoms with Crippen LogP contribution >= 0.6 is 27.3 Å². The zero-order valence-electron chi connectivity index (χ0n) is 10.00. The molecule has 1 amide bonds. The van der Waals surface area contributed by atoms with Crippen molar-refractivity contribution in [1.29, 1.82) is 0 Å². The SMILES string of the molecule is O=C(COc1cc(Br)ccc1C(=O)O)Nc1nccs1. The average Bonchev–Trinajstić information content (AvgIpc) is 2.89. The highest BCUT2D eigenvalue weighted by Gasteiger charge is 2.13. The summed E-state index contributed by atoms with van der Waals surface area (Å²) in [7, 11) is 0. The van der Waals surface area contributed by atoms with Crippen molar-refractivity contribution in [3.8, 4) is 5.75 Å². The molecule has 0 aliphatic heterocycles. The number of nitrogens with zero attached hydrogens (tertiary/aromatic N) is 1. The fraction of sp³-hybridized carbons (Fsp3) is 0.0833. The zero-order valence-corrected chi connectivity index (χ0v) is 12.4. The molecule has 1 aromatic carbocycles. The van der Waals surface area contributed by atoms with Gasteiger partial charge < -0.3 is 9.84 Å². The summed E-state index contributed by atoms with van der Waals surface area (Å²) in [6.45, 7) is -0.295. The molecule has 0 unspecified atom stereocenters. The molecule has 8 heteroatoms. The van der Waals surface area contributed by atoms with Gasteiger partial charge in [-0.15, -0.1) is 11.3 Å². The lowest BCUT2D eigenvalue weighted by molar-refractivity contribution is -0.118. The van der Waals surface area contributed by atoms with E-state index in [1.54, 1.807) is 17.6 Å². The van der Waals surface area contributed by atoms with Crippen molar-refractivity contribution in [2.24, 2.45) is 0 Å². The smallest absolute Gasteiger partial charge is 0.339 e. The minimum atomic E-state index is -1.12. The van der Waals surface area contributed by atoms with Gasteiger partial charge in [-0.25, -0.2) is 9.78 Å². The summed E-state index contributed by atoms with van der Waals surface area (Å²) in [6.07, 6.45) is 1.57. The molecule has 0 fully saturated rings. The maximum absolute atomic E-state index is 11.6. The van der Waals surface area contributed by atoms with Crippen LogP contribution in [-0.4, -0.2) is 28.6 Å². The number of nitrogens with one attached hydrogen (secondary N) is 1. The molecule has 2 rings (SSSR count). The van der Waals surface area contributed by atoms with E-state index < -0.39 is 11.9 Å². The number of hydrogen-bond donors (Lipinski definition) is 2. The molecule has 0 spiro atoms. The molecule has 6 nitrogen and oxygen atoms in total. The van der Waals surface area contributed by atoms with Gasteiger partial charge in [-0.3, -0.25) is 10.1 Å². The molecule has 0 atom stereocenters. The van der Waals surface area contributed by atoms with Crippen LogP contribution in [0, 0.1) is 0 Å². The molecule has 1 heterocycles. The van der Waals surface area contributed by atoms with Crippen LogP contribution in [0.4, 0.5) is 5.13 Å². The average molecular weight is 357 g/mol. The van der Waals surface area contributed by atoms with E-state index in [9.17, 15) is 9.59 Å². The van der Waals surface area contributed by atoms with Crippen LogP contribution in [-0.2, 0) is 4.79 Å². The third kappa shape index (κ3) is 3.78. The van der Waals surface area contributed by atoms with Crippen LogP contribution in [0.5, 0.6) is 5.75 Å². The summed E-state index contributed by atoms with van der Waals surface area (Å²) in [4.78, 5) is 26.6. The lowest BCUT2D eigenvalue weighted by Gasteiger charge is -2.09. The molecule has 0 radical (unpaired) electrons. The van der Waals surface area contributed by atoms with E-state index in [0.717, 1.165) is 0 Å². The standard InChI is InChI=1S/C12H9BrN2O4S/c13-7-1-2-8(11(17)18)9(5-7)19-6-10(16)15-12-14-3-4-20-12/h1-5H,6H2,(H,17,18)(H,14,15,16). The lowest BCUT2D eigenvalue weighted by atomic mass is 10.2. The number of rotatable bonds is 5. The molecule has 0 aliphatic rings.